The lowest BCUT2D eigenvalue weighted by Crippen LogP contribution is -2.00. The number of aromatic nitrogens is 1. The number of fused-ring (bicyclic) bond motifs is 1. The van der Waals surface area contributed by atoms with Crippen LogP contribution in [0, 0.1) is 6.92 Å². The molecule has 0 bridgehead atoms. The van der Waals surface area contributed by atoms with Gasteiger partial charge in [-0.3, -0.25) is 0 Å². The molecule has 0 saturated carbocycles. The number of rotatable bonds is 4. The number of carbonyl (C=O) groups is 1. The summed E-state index contributed by atoms with van der Waals surface area (Å²) in [6.07, 6.45) is 0.842. The summed E-state index contributed by atoms with van der Waals surface area (Å²) in [6, 6.07) is 19.1. The van der Waals surface area contributed by atoms with Gasteiger partial charge in [0.2, 0.25) is 0 Å². The Labute approximate surface area is 157 Å². The normalized spacial score (nSPS) is 11.0. The minimum Gasteiger partial charge on any atom is -0.478 e. The van der Waals surface area contributed by atoms with Crippen molar-refractivity contribution in [2.45, 2.75) is 20.3 Å². The fourth-order valence-corrected chi connectivity index (χ4v) is 3.23. The van der Waals surface area contributed by atoms with E-state index >= 15 is 0 Å². The second-order valence-corrected chi connectivity index (χ2v) is 6.60. The Kier molecular flexibility index (Phi) is 4.24. The molecule has 0 atom stereocenters. The molecule has 4 aromatic rings. The van der Waals surface area contributed by atoms with Crippen LogP contribution in [0.1, 0.15) is 28.4 Å². The summed E-state index contributed by atoms with van der Waals surface area (Å²) in [4.78, 5) is 16.4. The van der Waals surface area contributed by atoms with E-state index in [9.17, 15) is 9.90 Å². The Balaban J connectivity index is 1.84. The van der Waals surface area contributed by atoms with Crippen LogP contribution in [0.3, 0.4) is 0 Å². The highest BCUT2D eigenvalue weighted by atomic mass is 16.4. The van der Waals surface area contributed by atoms with Crippen molar-refractivity contribution in [3.63, 3.8) is 0 Å². The van der Waals surface area contributed by atoms with Gasteiger partial charge in [-0.25, -0.2) is 9.78 Å². The van der Waals surface area contributed by atoms with E-state index in [2.05, 4.69) is 4.98 Å². The second kappa shape index (κ2) is 6.72. The van der Waals surface area contributed by atoms with Gasteiger partial charge >= 0.3 is 5.97 Å². The third-order valence-corrected chi connectivity index (χ3v) is 4.67. The summed E-state index contributed by atoms with van der Waals surface area (Å²) in [5.41, 5.74) is 4.61. The van der Waals surface area contributed by atoms with Gasteiger partial charge in [0.25, 0.3) is 0 Å². The van der Waals surface area contributed by atoms with Gasteiger partial charge in [0.15, 0.2) is 5.76 Å². The monoisotopic (exact) mass is 357 g/mol. The zero-order chi connectivity index (χ0) is 19.0. The molecule has 2 aromatic carbocycles. The molecular weight excluding hydrogens is 338 g/mol. The Morgan fingerprint density at radius 1 is 1.04 bits per heavy atom. The molecule has 2 heterocycles. The summed E-state index contributed by atoms with van der Waals surface area (Å²) in [5, 5.41) is 10.3. The SMILES string of the molecule is CCc1ccc2nc(-c3ccc(-c4cccc(C)c4)o3)cc(C(=O)O)c2c1. The molecule has 0 aliphatic rings. The quantitative estimate of drug-likeness (QED) is 0.506. The van der Waals surface area contributed by atoms with Crippen LogP contribution in [0.2, 0.25) is 0 Å². The number of nitrogens with zero attached hydrogens (tertiary/aromatic N) is 1. The molecule has 0 aliphatic carbocycles. The summed E-state index contributed by atoms with van der Waals surface area (Å²) in [5.74, 6) is 0.312. The van der Waals surface area contributed by atoms with Gasteiger partial charge in [-0.2, -0.15) is 0 Å². The summed E-state index contributed by atoms with van der Waals surface area (Å²) >= 11 is 0. The third-order valence-electron chi connectivity index (χ3n) is 4.67. The molecule has 134 valence electrons. The fraction of sp³-hybridized carbons (Fsp3) is 0.130. The number of aromatic carboxylic acids is 1. The Morgan fingerprint density at radius 2 is 1.85 bits per heavy atom. The van der Waals surface area contributed by atoms with Crippen molar-refractivity contribution in [2.24, 2.45) is 0 Å². The summed E-state index contributed by atoms with van der Waals surface area (Å²) in [7, 11) is 0. The average molecular weight is 357 g/mol. The molecule has 0 aliphatic heterocycles. The first-order valence-corrected chi connectivity index (χ1v) is 8.89. The number of aryl methyl sites for hydroxylation is 2. The number of hydrogen-bond acceptors (Lipinski definition) is 3. The molecular formula is C23H19NO3. The lowest BCUT2D eigenvalue weighted by molar-refractivity contribution is 0.0699. The summed E-state index contributed by atoms with van der Waals surface area (Å²) < 4.78 is 5.98. The number of carboxylic acid groups (broad SMARTS) is 1. The van der Waals surface area contributed by atoms with Crippen LogP contribution in [0.25, 0.3) is 33.7 Å². The molecule has 4 heteroatoms. The Hall–Kier alpha value is -3.40. The first kappa shape index (κ1) is 17.0. The van der Waals surface area contributed by atoms with E-state index in [0.29, 0.717) is 22.4 Å². The van der Waals surface area contributed by atoms with Crippen molar-refractivity contribution in [3.05, 3.63) is 77.4 Å². The van der Waals surface area contributed by atoms with E-state index in [-0.39, 0.29) is 5.56 Å². The molecule has 4 nitrogen and oxygen atoms in total. The van der Waals surface area contributed by atoms with Gasteiger partial charge in [0.1, 0.15) is 11.5 Å². The molecule has 0 spiro atoms. The zero-order valence-corrected chi connectivity index (χ0v) is 15.2. The number of carboxylic acids is 1. The van der Waals surface area contributed by atoms with E-state index in [4.69, 9.17) is 4.42 Å². The molecule has 1 N–H and O–H groups in total. The van der Waals surface area contributed by atoms with E-state index in [0.717, 1.165) is 28.9 Å². The van der Waals surface area contributed by atoms with Crippen molar-refractivity contribution >= 4 is 16.9 Å². The predicted octanol–water partition coefficient (Wildman–Crippen LogP) is 5.73. The van der Waals surface area contributed by atoms with Crippen LogP contribution in [-0.4, -0.2) is 16.1 Å². The summed E-state index contributed by atoms with van der Waals surface area (Å²) in [6.45, 7) is 4.07. The molecule has 0 unspecified atom stereocenters. The third kappa shape index (κ3) is 3.22. The van der Waals surface area contributed by atoms with E-state index in [1.807, 2.05) is 68.4 Å². The Morgan fingerprint density at radius 3 is 2.59 bits per heavy atom. The molecule has 0 saturated heterocycles. The van der Waals surface area contributed by atoms with Crippen LogP contribution in [0.5, 0.6) is 0 Å². The zero-order valence-electron chi connectivity index (χ0n) is 15.2. The maximum Gasteiger partial charge on any atom is 0.336 e. The lowest BCUT2D eigenvalue weighted by Gasteiger charge is -2.07. The van der Waals surface area contributed by atoms with Crippen molar-refractivity contribution in [3.8, 4) is 22.8 Å². The maximum atomic E-state index is 11.8. The molecule has 27 heavy (non-hydrogen) atoms. The molecule has 2 aromatic heterocycles. The van der Waals surface area contributed by atoms with Crippen molar-refractivity contribution in [1.82, 2.24) is 4.98 Å². The largest absolute Gasteiger partial charge is 0.478 e. The van der Waals surface area contributed by atoms with Crippen LogP contribution in [0.4, 0.5) is 0 Å². The van der Waals surface area contributed by atoms with Gasteiger partial charge < -0.3 is 9.52 Å². The molecule has 0 amide bonds. The van der Waals surface area contributed by atoms with Crippen LogP contribution in [0.15, 0.2) is 65.1 Å². The van der Waals surface area contributed by atoms with Crippen LogP contribution in [-0.2, 0) is 6.42 Å². The highest BCUT2D eigenvalue weighted by Crippen LogP contribution is 2.31. The van der Waals surface area contributed by atoms with Gasteiger partial charge in [-0.05, 0) is 55.3 Å². The fourth-order valence-electron chi connectivity index (χ4n) is 3.23. The minimum absolute atomic E-state index is 0.235. The van der Waals surface area contributed by atoms with Crippen molar-refractivity contribution < 1.29 is 14.3 Å². The molecule has 0 fully saturated rings. The predicted molar refractivity (Wildman–Crippen MR) is 106 cm³/mol. The average Bonchev–Trinajstić information content (AvgIpc) is 3.17. The number of furan rings is 1. The number of benzene rings is 2. The smallest absolute Gasteiger partial charge is 0.336 e. The standard InChI is InChI=1S/C23H19NO3/c1-3-15-7-8-19-17(12-15)18(23(25)26)13-20(24-19)22-10-9-21(27-22)16-6-4-5-14(2)11-16/h4-13H,3H2,1-2H3,(H,25,26). The van der Waals surface area contributed by atoms with Crippen LogP contribution < -0.4 is 0 Å². The molecule has 0 radical (unpaired) electrons. The van der Waals surface area contributed by atoms with Crippen molar-refractivity contribution in [2.75, 3.05) is 0 Å². The number of hydrogen-bond donors (Lipinski definition) is 1. The highest BCUT2D eigenvalue weighted by molar-refractivity contribution is 6.03. The van der Waals surface area contributed by atoms with Gasteiger partial charge in [-0.15, -0.1) is 0 Å². The van der Waals surface area contributed by atoms with E-state index < -0.39 is 5.97 Å². The van der Waals surface area contributed by atoms with Gasteiger partial charge in [0, 0.05) is 10.9 Å². The van der Waals surface area contributed by atoms with Gasteiger partial charge in [0.05, 0.1) is 11.1 Å². The highest BCUT2D eigenvalue weighted by Gasteiger charge is 2.16. The first-order chi connectivity index (χ1) is 13.0. The Bertz CT molecular complexity index is 1160. The first-order valence-electron chi connectivity index (χ1n) is 8.89. The van der Waals surface area contributed by atoms with Crippen LogP contribution >= 0.6 is 0 Å². The van der Waals surface area contributed by atoms with Crippen molar-refractivity contribution in [1.29, 1.82) is 0 Å². The second-order valence-electron chi connectivity index (χ2n) is 6.60. The molecule has 4 rings (SSSR count). The maximum absolute atomic E-state index is 11.8. The van der Waals surface area contributed by atoms with Gasteiger partial charge in [-0.1, -0.05) is 36.8 Å². The lowest BCUT2D eigenvalue weighted by atomic mass is 10.0. The minimum atomic E-state index is -0.970. The van der Waals surface area contributed by atoms with E-state index in [1.54, 1.807) is 6.07 Å². The van der Waals surface area contributed by atoms with E-state index in [1.165, 1.54) is 0 Å². The topological polar surface area (TPSA) is 63.3 Å². The number of pyridine rings is 1.